The third-order valence-electron chi connectivity index (χ3n) is 4.89. The molecule has 0 aliphatic carbocycles. The summed E-state index contributed by atoms with van der Waals surface area (Å²) in [6.07, 6.45) is 2.10. The van der Waals surface area contributed by atoms with Gasteiger partial charge in [-0.25, -0.2) is 4.98 Å². The molecule has 4 unspecified atom stereocenters. The predicted octanol–water partition coefficient (Wildman–Crippen LogP) is 3.30. The summed E-state index contributed by atoms with van der Waals surface area (Å²) in [6.45, 7) is 11.3. The summed E-state index contributed by atoms with van der Waals surface area (Å²) in [6, 6.07) is 3.68. The molecule has 2 aromatic heterocycles. The number of morpholine rings is 2. The number of nitrogens with zero attached hydrogens (tertiary/aromatic N) is 6. The molecule has 10 heteroatoms. The molecule has 30 heavy (non-hydrogen) atoms. The molecule has 0 amide bonds. The minimum Gasteiger partial charge on any atom is -0.372 e. The van der Waals surface area contributed by atoms with Gasteiger partial charge in [-0.2, -0.15) is 15.0 Å². The van der Waals surface area contributed by atoms with Crippen LogP contribution in [0.5, 0.6) is 0 Å². The van der Waals surface area contributed by atoms with E-state index in [1.54, 1.807) is 6.20 Å². The quantitative estimate of drug-likeness (QED) is 0.697. The first-order valence-electron chi connectivity index (χ1n) is 10.2. The number of rotatable bonds is 4. The van der Waals surface area contributed by atoms with Crippen molar-refractivity contribution in [2.45, 2.75) is 62.3 Å². The van der Waals surface area contributed by atoms with Gasteiger partial charge in [-0.15, -0.1) is 0 Å². The summed E-state index contributed by atoms with van der Waals surface area (Å²) in [5.41, 5.74) is 0. The van der Waals surface area contributed by atoms with E-state index in [1.165, 1.54) is 11.8 Å². The van der Waals surface area contributed by atoms with Crippen molar-refractivity contribution in [3.8, 4) is 0 Å². The molecule has 4 rings (SSSR count). The monoisotopic (exact) mass is 450 g/mol. The molecule has 2 aliphatic heterocycles. The lowest BCUT2D eigenvalue weighted by Gasteiger charge is -2.37. The van der Waals surface area contributed by atoms with Crippen molar-refractivity contribution in [1.29, 1.82) is 0 Å². The number of hydrogen-bond donors (Lipinski definition) is 0. The minimum absolute atomic E-state index is 0.117. The Kier molecular flexibility index (Phi) is 6.62. The van der Waals surface area contributed by atoms with Gasteiger partial charge in [0.05, 0.1) is 29.4 Å². The Balaban J connectivity index is 1.67. The lowest BCUT2D eigenvalue weighted by molar-refractivity contribution is -0.00626. The van der Waals surface area contributed by atoms with Gasteiger partial charge in [-0.05, 0) is 51.6 Å². The first kappa shape index (κ1) is 21.5. The van der Waals surface area contributed by atoms with Gasteiger partial charge in [0.25, 0.3) is 0 Å². The third-order valence-corrected chi connectivity index (χ3v) is 5.93. The van der Waals surface area contributed by atoms with E-state index in [0.717, 1.165) is 31.2 Å². The molecule has 162 valence electrons. The van der Waals surface area contributed by atoms with Crippen LogP contribution in [0.15, 0.2) is 28.5 Å². The summed E-state index contributed by atoms with van der Waals surface area (Å²) < 4.78 is 11.8. The van der Waals surface area contributed by atoms with E-state index in [4.69, 9.17) is 36.0 Å². The maximum absolute atomic E-state index is 5.97. The van der Waals surface area contributed by atoms with E-state index in [2.05, 4.69) is 42.5 Å². The zero-order valence-corrected chi connectivity index (χ0v) is 19.2. The van der Waals surface area contributed by atoms with Gasteiger partial charge >= 0.3 is 0 Å². The molecule has 0 radical (unpaired) electrons. The second-order valence-corrected chi connectivity index (χ2v) is 9.38. The Morgan fingerprint density at radius 3 is 1.77 bits per heavy atom. The van der Waals surface area contributed by atoms with Gasteiger partial charge in [0, 0.05) is 32.4 Å². The van der Waals surface area contributed by atoms with Crippen LogP contribution in [-0.2, 0) is 9.47 Å². The van der Waals surface area contributed by atoms with Crippen LogP contribution in [0.2, 0.25) is 5.02 Å². The lowest BCUT2D eigenvalue weighted by atomic mass is 10.2. The number of anilines is 2. The van der Waals surface area contributed by atoms with E-state index in [-0.39, 0.29) is 24.4 Å². The maximum Gasteiger partial charge on any atom is 0.231 e. The maximum atomic E-state index is 5.97. The Morgan fingerprint density at radius 1 is 0.833 bits per heavy atom. The summed E-state index contributed by atoms with van der Waals surface area (Å²) in [5.74, 6) is 1.34. The molecule has 4 heterocycles. The molecule has 2 aliphatic rings. The molecular weight excluding hydrogens is 424 g/mol. The summed E-state index contributed by atoms with van der Waals surface area (Å²) >= 11 is 7.38. The molecule has 2 fully saturated rings. The van der Waals surface area contributed by atoms with Crippen molar-refractivity contribution >= 4 is 35.3 Å². The van der Waals surface area contributed by atoms with Crippen molar-refractivity contribution in [3.63, 3.8) is 0 Å². The van der Waals surface area contributed by atoms with Crippen molar-refractivity contribution in [2.75, 3.05) is 36.0 Å². The molecule has 8 nitrogen and oxygen atoms in total. The first-order valence-corrected chi connectivity index (χ1v) is 11.4. The third kappa shape index (κ3) is 5.32. The van der Waals surface area contributed by atoms with Crippen LogP contribution in [-0.4, -0.2) is 70.5 Å². The van der Waals surface area contributed by atoms with Gasteiger partial charge in [0.1, 0.15) is 5.03 Å². The molecule has 0 N–H and O–H groups in total. The zero-order valence-electron chi connectivity index (χ0n) is 17.7. The SMILES string of the molecule is CC1CN(c2nc(Sc3ccc(Cl)cn3)nc(N3CC(C)OC(C)C3)n2)CC(C)O1. The average molecular weight is 451 g/mol. The highest BCUT2D eigenvalue weighted by Crippen LogP contribution is 2.28. The van der Waals surface area contributed by atoms with Crippen LogP contribution in [0, 0.1) is 0 Å². The van der Waals surface area contributed by atoms with Crippen LogP contribution in [0.1, 0.15) is 27.7 Å². The van der Waals surface area contributed by atoms with Crippen LogP contribution in [0.3, 0.4) is 0 Å². The van der Waals surface area contributed by atoms with E-state index in [0.29, 0.717) is 22.1 Å². The highest BCUT2D eigenvalue weighted by Gasteiger charge is 2.28. The number of aromatic nitrogens is 4. The van der Waals surface area contributed by atoms with Gasteiger partial charge in [-0.3, -0.25) is 0 Å². The number of halogens is 1. The van der Waals surface area contributed by atoms with Gasteiger partial charge in [0.2, 0.25) is 17.1 Å². The zero-order chi connectivity index (χ0) is 21.3. The van der Waals surface area contributed by atoms with Crippen LogP contribution in [0.4, 0.5) is 11.9 Å². The van der Waals surface area contributed by atoms with E-state index in [1.807, 2.05) is 12.1 Å². The molecule has 2 saturated heterocycles. The minimum atomic E-state index is 0.117. The number of ether oxygens (including phenoxy) is 2. The average Bonchev–Trinajstić information content (AvgIpc) is 2.68. The van der Waals surface area contributed by atoms with Crippen molar-refractivity contribution in [2.24, 2.45) is 0 Å². The first-order chi connectivity index (χ1) is 14.4. The van der Waals surface area contributed by atoms with E-state index < -0.39 is 0 Å². The topological polar surface area (TPSA) is 76.5 Å². The second-order valence-electron chi connectivity index (χ2n) is 7.96. The highest BCUT2D eigenvalue weighted by molar-refractivity contribution is 7.99. The number of pyridine rings is 1. The van der Waals surface area contributed by atoms with Crippen molar-refractivity contribution in [1.82, 2.24) is 19.9 Å². The molecule has 0 saturated carbocycles. The standard InChI is InChI=1S/C20H27ClN6O2S/c1-12-8-26(9-13(2)28-12)18-23-19(27-10-14(3)29-15(4)11-27)25-20(24-18)30-17-6-5-16(21)7-22-17/h5-7,12-15H,8-11H2,1-4H3. The van der Waals surface area contributed by atoms with Crippen molar-refractivity contribution < 1.29 is 9.47 Å². The smallest absolute Gasteiger partial charge is 0.231 e. The predicted molar refractivity (Wildman–Crippen MR) is 118 cm³/mol. The fourth-order valence-electron chi connectivity index (χ4n) is 3.86. The highest BCUT2D eigenvalue weighted by atomic mass is 35.5. The number of hydrogen-bond acceptors (Lipinski definition) is 9. The van der Waals surface area contributed by atoms with Crippen LogP contribution in [0.25, 0.3) is 0 Å². The summed E-state index contributed by atoms with van der Waals surface area (Å²) in [5, 5.41) is 2.00. The lowest BCUT2D eigenvalue weighted by Crippen LogP contribution is -2.48. The molecular formula is C20H27ClN6O2S. The molecule has 0 bridgehead atoms. The molecule has 0 spiro atoms. The Hall–Kier alpha value is -1.68. The normalized spacial score (nSPS) is 27.4. The molecule has 4 atom stereocenters. The second kappa shape index (κ2) is 9.21. The van der Waals surface area contributed by atoms with E-state index >= 15 is 0 Å². The van der Waals surface area contributed by atoms with Gasteiger partial charge < -0.3 is 19.3 Å². The van der Waals surface area contributed by atoms with E-state index in [9.17, 15) is 0 Å². The largest absolute Gasteiger partial charge is 0.372 e. The molecule has 2 aromatic rings. The van der Waals surface area contributed by atoms with Crippen molar-refractivity contribution in [3.05, 3.63) is 23.4 Å². The van der Waals surface area contributed by atoms with Crippen LogP contribution >= 0.6 is 23.4 Å². The Bertz CT molecular complexity index is 809. The Morgan fingerprint density at radius 2 is 1.33 bits per heavy atom. The van der Waals surface area contributed by atoms with Gasteiger partial charge in [-0.1, -0.05) is 11.6 Å². The molecule has 0 aromatic carbocycles. The van der Waals surface area contributed by atoms with Crippen LogP contribution < -0.4 is 9.80 Å². The summed E-state index contributed by atoms with van der Waals surface area (Å²) in [7, 11) is 0. The Labute approximate surface area is 186 Å². The summed E-state index contributed by atoms with van der Waals surface area (Å²) in [4.78, 5) is 23.1. The fourth-order valence-corrected chi connectivity index (χ4v) is 4.66. The fraction of sp³-hybridized carbons (Fsp3) is 0.600. The van der Waals surface area contributed by atoms with Gasteiger partial charge in [0.15, 0.2) is 0 Å².